The second kappa shape index (κ2) is 3.44. The van der Waals surface area contributed by atoms with Gasteiger partial charge in [-0.05, 0) is 11.8 Å². The van der Waals surface area contributed by atoms with E-state index in [1.165, 1.54) is 0 Å². The minimum Gasteiger partial charge on any atom is -0.303 e. The van der Waals surface area contributed by atoms with Gasteiger partial charge >= 0.3 is 0 Å². The lowest BCUT2D eigenvalue weighted by Gasteiger charge is -2.16. The Kier molecular flexibility index (Phi) is 3.21. The molecular weight excluding hydrogens is 112 g/mol. The Morgan fingerprint density at radius 1 is 1.56 bits per heavy atom. The third kappa shape index (κ3) is 3.95. The maximum atomic E-state index is 9.93. The summed E-state index contributed by atoms with van der Waals surface area (Å²) in [6, 6.07) is 0. The zero-order valence-electron chi connectivity index (χ0n) is 6.18. The summed E-state index contributed by atoms with van der Waals surface area (Å²) in [7, 11) is 0. The molecule has 0 saturated heterocycles. The Hall–Kier alpha value is -0.590. The molecule has 0 fully saturated rings. The van der Waals surface area contributed by atoms with Crippen molar-refractivity contribution in [2.75, 3.05) is 0 Å². The van der Waals surface area contributed by atoms with Crippen LogP contribution in [0, 0.1) is 5.41 Å². The average Bonchev–Trinajstić information content (AvgIpc) is 1.84. The van der Waals surface area contributed by atoms with Gasteiger partial charge in [0, 0.05) is 6.42 Å². The predicted octanol–water partition coefficient (Wildman–Crippen LogP) is 2.18. The molecule has 0 aromatic heterocycles. The summed E-state index contributed by atoms with van der Waals surface area (Å²) >= 11 is 0. The second-order valence-electron chi connectivity index (χ2n) is 2.90. The lowest BCUT2D eigenvalue weighted by molar-refractivity contribution is -0.108. The highest BCUT2D eigenvalue weighted by Gasteiger charge is 2.10. The van der Waals surface area contributed by atoms with E-state index >= 15 is 0 Å². The molecule has 0 aliphatic carbocycles. The largest absolute Gasteiger partial charge is 0.303 e. The SMILES string of the molecule is C=CC(C)(C)CCC=O. The van der Waals surface area contributed by atoms with Gasteiger partial charge in [-0.25, -0.2) is 0 Å². The van der Waals surface area contributed by atoms with E-state index in [2.05, 4.69) is 20.4 Å². The van der Waals surface area contributed by atoms with Gasteiger partial charge in [-0.15, -0.1) is 6.58 Å². The molecule has 0 N–H and O–H groups in total. The molecule has 0 aromatic carbocycles. The van der Waals surface area contributed by atoms with Gasteiger partial charge in [0.25, 0.3) is 0 Å². The average molecular weight is 126 g/mol. The number of allylic oxidation sites excluding steroid dienone is 1. The fourth-order valence-electron chi connectivity index (χ4n) is 0.533. The first kappa shape index (κ1) is 8.41. The van der Waals surface area contributed by atoms with Crippen molar-refractivity contribution in [1.29, 1.82) is 0 Å². The molecule has 0 atom stereocenters. The van der Waals surface area contributed by atoms with Gasteiger partial charge in [0.1, 0.15) is 6.29 Å². The lowest BCUT2D eigenvalue weighted by atomic mass is 9.88. The van der Waals surface area contributed by atoms with E-state index in [9.17, 15) is 4.79 Å². The molecule has 0 heterocycles. The van der Waals surface area contributed by atoms with Crippen LogP contribution in [0.15, 0.2) is 12.7 Å². The Morgan fingerprint density at radius 3 is 2.44 bits per heavy atom. The quantitative estimate of drug-likeness (QED) is 0.417. The van der Waals surface area contributed by atoms with Crippen molar-refractivity contribution in [2.45, 2.75) is 26.7 Å². The Bertz CT molecular complexity index is 103. The van der Waals surface area contributed by atoms with Crippen LogP contribution in [-0.4, -0.2) is 6.29 Å². The highest BCUT2D eigenvalue weighted by atomic mass is 16.1. The number of hydrogen-bond acceptors (Lipinski definition) is 1. The van der Waals surface area contributed by atoms with Crippen molar-refractivity contribution in [3.05, 3.63) is 12.7 Å². The van der Waals surface area contributed by atoms with E-state index in [-0.39, 0.29) is 5.41 Å². The number of hydrogen-bond donors (Lipinski definition) is 0. The topological polar surface area (TPSA) is 17.1 Å². The third-order valence-corrected chi connectivity index (χ3v) is 1.46. The summed E-state index contributed by atoms with van der Waals surface area (Å²) in [6.07, 6.45) is 4.38. The molecule has 1 heteroatoms. The number of aldehydes is 1. The van der Waals surface area contributed by atoms with Crippen molar-refractivity contribution in [2.24, 2.45) is 5.41 Å². The zero-order valence-corrected chi connectivity index (χ0v) is 6.18. The second-order valence-corrected chi connectivity index (χ2v) is 2.90. The van der Waals surface area contributed by atoms with Crippen LogP contribution in [-0.2, 0) is 4.79 Å². The number of carbonyl (C=O) groups is 1. The first-order chi connectivity index (χ1) is 4.12. The monoisotopic (exact) mass is 126 g/mol. The normalized spacial score (nSPS) is 10.9. The minimum atomic E-state index is 0.126. The van der Waals surface area contributed by atoms with Crippen LogP contribution in [0.5, 0.6) is 0 Å². The fourth-order valence-corrected chi connectivity index (χ4v) is 0.533. The Balaban J connectivity index is 3.57. The minimum absolute atomic E-state index is 0.126. The van der Waals surface area contributed by atoms with Crippen molar-refractivity contribution in [3.8, 4) is 0 Å². The molecule has 0 rings (SSSR count). The van der Waals surface area contributed by atoms with Crippen molar-refractivity contribution in [1.82, 2.24) is 0 Å². The van der Waals surface area contributed by atoms with E-state index < -0.39 is 0 Å². The molecule has 0 amide bonds. The summed E-state index contributed by atoms with van der Waals surface area (Å²) in [5, 5.41) is 0. The van der Waals surface area contributed by atoms with Crippen LogP contribution in [0.25, 0.3) is 0 Å². The van der Waals surface area contributed by atoms with Gasteiger partial charge < -0.3 is 4.79 Å². The smallest absolute Gasteiger partial charge is 0.120 e. The first-order valence-corrected chi connectivity index (χ1v) is 3.19. The van der Waals surface area contributed by atoms with Gasteiger partial charge in [-0.2, -0.15) is 0 Å². The predicted molar refractivity (Wildman–Crippen MR) is 39.3 cm³/mol. The molecular formula is C8H14O. The van der Waals surface area contributed by atoms with E-state index in [4.69, 9.17) is 0 Å². The van der Waals surface area contributed by atoms with E-state index in [1.807, 2.05) is 6.08 Å². The third-order valence-electron chi connectivity index (χ3n) is 1.46. The van der Waals surface area contributed by atoms with Gasteiger partial charge in [0.2, 0.25) is 0 Å². The van der Waals surface area contributed by atoms with Crippen LogP contribution in [0.3, 0.4) is 0 Å². The molecule has 0 aliphatic rings. The van der Waals surface area contributed by atoms with Crippen molar-refractivity contribution < 1.29 is 4.79 Å². The van der Waals surface area contributed by atoms with Crippen molar-refractivity contribution in [3.63, 3.8) is 0 Å². The maximum absolute atomic E-state index is 9.93. The summed E-state index contributed by atoms with van der Waals surface area (Å²) in [5.41, 5.74) is 0.126. The van der Waals surface area contributed by atoms with Crippen LogP contribution in [0.2, 0.25) is 0 Å². The molecule has 0 spiro atoms. The van der Waals surface area contributed by atoms with Crippen LogP contribution >= 0.6 is 0 Å². The van der Waals surface area contributed by atoms with E-state index in [0.717, 1.165) is 12.7 Å². The van der Waals surface area contributed by atoms with Crippen LogP contribution < -0.4 is 0 Å². The molecule has 1 nitrogen and oxygen atoms in total. The molecule has 0 bridgehead atoms. The summed E-state index contributed by atoms with van der Waals surface area (Å²) in [6.45, 7) is 7.82. The first-order valence-electron chi connectivity index (χ1n) is 3.19. The molecule has 52 valence electrons. The van der Waals surface area contributed by atoms with E-state index in [1.54, 1.807) is 0 Å². The molecule has 0 aliphatic heterocycles. The highest BCUT2D eigenvalue weighted by Crippen LogP contribution is 2.21. The fraction of sp³-hybridized carbons (Fsp3) is 0.625. The number of rotatable bonds is 4. The van der Waals surface area contributed by atoms with Gasteiger partial charge in [-0.1, -0.05) is 19.9 Å². The van der Waals surface area contributed by atoms with Gasteiger partial charge in [0.05, 0.1) is 0 Å². The van der Waals surface area contributed by atoms with Crippen LogP contribution in [0.4, 0.5) is 0 Å². The summed E-state index contributed by atoms with van der Waals surface area (Å²) in [4.78, 5) is 9.93. The van der Waals surface area contributed by atoms with Gasteiger partial charge in [0.15, 0.2) is 0 Å². The molecule has 0 saturated carbocycles. The Labute approximate surface area is 56.8 Å². The lowest BCUT2D eigenvalue weighted by Crippen LogP contribution is -2.06. The molecule has 0 radical (unpaired) electrons. The van der Waals surface area contributed by atoms with Gasteiger partial charge in [-0.3, -0.25) is 0 Å². The van der Waals surface area contributed by atoms with Crippen molar-refractivity contribution >= 4 is 6.29 Å². The Morgan fingerprint density at radius 2 is 2.11 bits per heavy atom. The number of carbonyl (C=O) groups excluding carboxylic acids is 1. The maximum Gasteiger partial charge on any atom is 0.120 e. The molecule has 9 heavy (non-hydrogen) atoms. The van der Waals surface area contributed by atoms with Crippen LogP contribution in [0.1, 0.15) is 26.7 Å². The summed E-state index contributed by atoms with van der Waals surface area (Å²) in [5.74, 6) is 0. The van der Waals surface area contributed by atoms with E-state index in [0.29, 0.717) is 6.42 Å². The standard InChI is InChI=1S/C8H14O/c1-4-8(2,3)6-5-7-9/h4,7H,1,5-6H2,2-3H3. The molecule has 0 aromatic rings. The zero-order chi connectivity index (χ0) is 7.33. The summed E-state index contributed by atoms with van der Waals surface area (Å²) < 4.78 is 0. The highest BCUT2D eigenvalue weighted by molar-refractivity contribution is 5.49. The molecule has 0 unspecified atom stereocenters.